The molecule has 0 saturated carbocycles. The lowest BCUT2D eigenvalue weighted by molar-refractivity contribution is 0.669. The standard InChI is InChI=1S/C60H34O/c1-2-9-35(10-3-1)49-33-52(46-17-8-18-54-60(46)53-31-42-11-4-5-12-43(42)32-55(53)61-54)51(45-28-24-41-22-20-37-14-7-16-39-26-30-48(45)59(41)57(37)39)34-50(49)44-27-23-40-21-19-36-13-6-15-38-25-29-47(44)58(40)56(36)38/h1-34H/i33D,34D. The van der Waals surface area contributed by atoms with E-state index in [-0.39, 0.29) is 0 Å². The largest absolute Gasteiger partial charge is 0.456 e. The highest BCUT2D eigenvalue weighted by Crippen LogP contribution is 2.50. The van der Waals surface area contributed by atoms with Crippen LogP contribution in [0, 0.1) is 0 Å². The summed E-state index contributed by atoms with van der Waals surface area (Å²) in [7, 11) is 0. The molecule has 0 aliphatic carbocycles. The van der Waals surface area contributed by atoms with Crippen LogP contribution in [0.4, 0.5) is 0 Å². The summed E-state index contributed by atoms with van der Waals surface area (Å²) in [4.78, 5) is 0. The van der Waals surface area contributed by atoms with E-state index >= 15 is 0 Å². The van der Waals surface area contributed by atoms with Crippen molar-refractivity contribution in [3.8, 4) is 44.5 Å². The molecule has 1 heterocycles. The molecule has 13 aromatic carbocycles. The molecule has 0 fully saturated rings. The molecular formula is C60H34O. The van der Waals surface area contributed by atoms with Crippen LogP contribution >= 0.6 is 0 Å². The molecule has 1 heteroatoms. The van der Waals surface area contributed by atoms with Crippen LogP contribution in [0.25, 0.3) is 142 Å². The first kappa shape index (κ1) is 31.0. The smallest absolute Gasteiger partial charge is 0.136 e. The third-order valence-electron chi connectivity index (χ3n) is 13.3. The topological polar surface area (TPSA) is 13.1 Å². The van der Waals surface area contributed by atoms with E-state index in [2.05, 4.69) is 164 Å². The van der Waals surface area contributed by atoms with Crippen LogP contribution in [0.2, 0.25) is 0 Å². The Morgan fingerprint density at radius 2 is 0.721 bits per heavy atom. The zero-order chi connectivity index (χ0) is 41.5. The highest BCUT2D eigenvalue weighted by molar-refractivity contribution is 6.28. The lowest BCUT2D eigenvalue weighted by atomic mass is 9.81. The first-order valence-corrected chi connectivity index (χ1v) is 21.0. The lowest BCUT2D eigenvalue weighted by Crippen LogP contribution is -1.95. The number of furan rings is 1. The normalized spacial score (nSPS) is 12.7. The van der Waals surface area contributed by atoms with Crippen LogP contribution in [-0.2, 0) is 0 Å². The first-order valence-electron chi connectivity index (χ1n) is 22.0. The number of hydrogen-bond acceptors (Lipinski definition) is 1. The maximum absolute atomic E-state index is 10.9. The van der Waals surface area contributed by atoms with E-state index in [1.807, 2.05) is 30.3 Å². The Bertz CT molecular complexity index is 4190. The zero-order valence-corrected chi connectivity index (χ0v) is 32.9. The molecule has 0 spiro atoms. The van der Waals surface area contributed by atoms with E-state index in [1.165, 1.54) is 43.1 Å². The van der Waals surface area contributed by atoms with Gasteiger partial charge in [-0.05, 0) is 150 Å². The monoisotopic (exact) mass is 772 g/mol. The van der Waals surface area contributed by atoms with Crippen molar-refractivity contribution in [2.24, 2.45) is 0 Å². The summed E-state index contributed by atoms with van der Waals surface area (Å²) in [6.45, 7) is 0. The summed E-state index contributed by atoms with van der Waals surface area (Å²) in [5.74, 6) is 0. The Morgan fingerprint density at radius 3 is 1.34 bits per heavy atom. The quantitative estimate of drug-likeness (QED) is 0.162. The van der Waals surface area contributed by atoms with Gasteiger partial charge in [0.05, 0.1) is 2.74 Å². The number of benzene rings is 13. The summed E-state index contributed by atoms with van der Waals surface area (Å²) in [6, 6.07) is 69.5. The SMILES string of the molecule is [2H]c1c(-c2ccc3ccc4cccc5ccc2c3c45)c(-c2ccccc2)c([2H])c(-c2cccc3oc4cc5ccccc5cc4c23)c1-c1ccc2ccc3cccc4ccc1c2c34. The molecular weight excluding hydrogens is 737 g/mol. The van der Waals surface area contributed by atoms with E-state index in [0.29, 0.717) is 12.1 Å². The van der Waals surface area contributed by atoms with Crippen LogP contribution < -0.4 is 0 Å². The zero-order valence-electron chi connectivity index (χ0n) is 34.9. The predicted molar refractivity (Wildman–Crippen MR) is 260 cm³/mol. The Balaban J connectivity index is 1.19. The summed E-state index contributed by atoms with van der Waals surface area (Å²) in [6.07, 6.45) is 0. The van der Waals surface area contributed by atoms with E-state index in [9.17, 15) is 2.74 Å². The van der Waals surface area contributed by atoms with Gasteiger partial charge in [-0.25, -0.2) is 0 Å². The van der Waals surface area contributed by atoms with Crippen LogP contribution in [0.15, 0.2) is 211 Å². The maximum Gasteiger partial charge on any atom is 0.136 e. The molecule has 0 atom stereocenters. The van der Waals surface area contributed by atoms with Gasteiger partial charge in [0.15, 0.2) is 0 Å². The van der Waals surface area contributed by atoms with Crippen LogP contribution in [0.1, 0.15) is 2.74 Å². The van der Waals surface area contributed by atoms with Gasteiger partial charge < -0.3 is 4.42 Å². The first-order chi connectivity index (χ1) is 31.1. The van der Waals surface area contributed by atoms with Gasteiger partial charge in [-0.2, -0.15) is 0 Å². The van der Waals surface area contributed by atoms with E-state index in [4.69, 9.17) is 4.42 Å². The second-order valence-electron chi connectivity index (χ2n) is 16.5. The van der Waals surface area contributed by atoms with Crippen molar-refractivity contribution in [3.05, 3.63) is 206 Å². The van der Waals surface area contributed by atoms with Crippen LogP contribution in [-0.4, -0.2) is 0 Å². The minimum Gasteiger partial charge on any atom is -0.456 e. The molecule has 1 aromatic heterocycles. The molecule has 280 valence electrons. The van der Waals surface area contributed by atoms with Gasteiger partial charge in [0, 0.05) is 10.8 Å². The third kappa shape index (κ3) is 4.66. The number of rotatable bonds is 4. The fourth-order valence-corrected chi connectivity index (χ4v) is 10.6. The second kappa shape index (κ2) is 12.3. The number of fused-ring (bicyclic) bond motifs is 4. The molecule has 0 unspecified atom stereocenters. The van der Waals surface area contributed by atoms with Gasteiger partial charge >= 0.3 is 0 Å². The molecule has 0 radical (unpaired) electrons. The molecule has 14 rings (SSSR count). The van der Waals surface area contributed by atoms with Crippen molar-refractivity contribution >= 4 is 97.3 Å². The van der Waals surface area contributed by atoms with Gasteiger partial charge in [-0.3, -0.25) is 0 Å². The number of hydrogen-bond donors (Lipinski definition) is 0. The molecule has 0 bridgehead atoms. The Morgan fingerprint density at radius 1 is 0.262 bits per heavy atom. The van der Waals surface area contributed by atoms with Crippen molar-refractivity contribution in [2.75, 3.05) is 0 Å². The average molecular weight is 773 g/mol. The molecule has 0 saturated heterocycles. The Labute approximate surface area is 353 Å². The van der Waals surface area contributed by atoms with Crippen molar-refractivity contribution < 1.29 is 7.16 Å². The average Bonchev–Trinajstić information content (AvgIpc) is 3.70. The van der Waals surface area contributed by atoms with Gasteiger partial charge in [0.25, 0.3) is 0 Å². The fraction of sp³-hybridized carbons (Fsp3) is 0. The summed E-state index contributed by atoms with van der Waals surface area (Å²) in [5.41, 5.74) is 8.15. The molecule has 0 aliphatic rings. The molecule has 0 N–H and O–H groups in total. The third-order valence-corrected chi connectivity index (χ3v) is 13.3. The van der Waals surface area contributed by atoms with E-state index in [0.717, 1.165) is 98.8 Å². The minimum atomic E-state index is 0.376. The minimum absolute atomic E-state index is 0.376. The summed E-state index contributed by atoms with van der Waals surface area (Å²) >= 11 is 0. The molecule has 14 aromatic rings. The highest BCUT2D eigenvalue weighted by Gasteiger charge is 2.23. The van der Waals surface area contributed by atoms with Crippen molar-refractivity contribution in [2.45, 2.75) is 0 Å². The molecule has 61 heavy (non-hydrogen) atoms. The molecule has 1 nitrogen and oxygen atoms in total. The fourth-order valence-electron chi connectivity index (χ4n) is 10.6. The molecule has 0 amide bonds. The van der Waals surface area contributed by atoms with E-state index < -0.39 is 0 Å². The second-order valence-corrected chi connectivity index (χ2v) is 16.5. The summed E-state index contributed by atoms with van der Waals surface area (Å²) in [5, 5.41) is 18.2. The Hall–Kier alpha value is -8.00. The predicted octanol–water partition coefficient (Wildman–Crippen LogP) is 17.2. The lowest BCUT2D eigenvalue weighted by Gasteiger charge is -2.22. The van der Waals surface area contributed by atoms with Gasteiger partial charge in [0.1, 0.15) is 11.2 Å². The Kier molecular flexibility index (Phi) is 6.23. The van der Waals surface area contributed by atoms with Crippen molar-refractivity contribution in [3.63, 3.8) is 0 Å². The van der Waals surface area contributed by atoms with Crippen LogP contribution in [0.3, 0.4) is 0 Å². The van der Waals surface area contributed by atoms with Gasteiger partial charge in [-0.15, -0.1) is 0 Å². The van der Waals surface area contributed by atoms with Gasteiger partial charge in [-0.1, -0.05) is 176 Å². The summed E-state index contributed by atoms with van der Waals surface area (Å²) < 4.78 is 28.4. The maximum atomic E-state index is 10.9. The van der Waals surface area contributed by atoms with Crippen molar-refractivity contribution in [1.82, 2.24) is 0 Å². The van der Waals surface area contributed by atoms with Crippen molar-refractivity contribution in [1.29, 1.82) is 0 Å². The van der Waals surface area contributed by atoms with Crippen LogP contribution in [0.5, 0.6) is 0 Å². The van der Waals surface area contributed by atoms with Gasteiger partial charge in [0.2, 0.25) is 0 Å². The van der Waals surface area contributed by atoms with E-state index in [1.54, 1.807) is 0 Å². The molecule has 0 aliphatic heterocycles. The highest BCUT2D eigenvalue weighted by atomic mass is 16.3.